The van der Waals surface area contributed by atoms with Crippen molar-refractivity contribution in [3.63, 3.8) is 0 Å². The highest BCUT2D eigenvalue weighted by Gasteiger charge is 2.37. The molecule has 9 heteroatoms. The lowest BCUT2D eigenvalue weighted by Crippen LogP contribution is -2.49. The third-order valence-corrected chi connectivity index (χ3v) is 7.16. The summed E-state index contributed by atoms with van der Waals surface area (Å²) in [4.78, 5) is 33.2. The summed E-state index contributed by atoms with van der Waals surface area (Å²) >= 11 is 3.43. The van der Waals surface area contributed by atoms with Crippen molar-refractivity contribution in [3.8, 4) is 5.88 Å². The molecule has 8 nitrogen and oxygen atoms in total. The Morgan fingerprint density at radius 3 is 2.24 bits per heavy atom. The third-order valence-electron chi connectivity index (χ3n) is 6.67. The molecule has 3 heterocycles. The van der Waals surface area contributed by atoms with Crippen LogP contribution in [0.4, 0.5) is 4.79 Å². The van der Waals surface area contributed by atoms with Crippen LogP contribution in [0, 0.1) is 5.92 Å². The van der Waals surface area contributed by atoms with Crippen molar-refractivity contribution in [1.82, 2.24) is 14.8 Å². The van der Waals surface area contributed by atoms with E-state index in [0.29, 0.717) is 31.8 Å². The average molecular weight is 538 g/mol. The Morgan fingerprint density at radius 1 is 0.971 bits per heavy atom. The molecule has 1 aromatic rings. The monoisotopic (exact) mass is 537 g/mol. The van der Waals surface area contributed by atoms with Crippen molar-refractivity contribution in [1.29, 1.82) is 0 Å². The largest absolute Gasteiger partial charge is 0.474 e. The van der Waals surface area contributed by atoms with Crippen molar-refractivity contribution in [2.45, 2.75) is 83.2 Å². The molecule has 1 aliphatic carbocycles. The van der Waals surface area contributed by atoms with Crippen LogP contribution in [0.15, 0.2) is 22.8 Å². The van der Waals surface area contributed by atoms with Gasteiger partial charge in [0, 0.05) is 61.7 Å². The standard InChI is InChI=1S/C25H36BrN3O5/c1-25(2,3)34-24(31)29-10-5-17(6-11-29)23(30)28-12-7-19(8-13-28)32-20-15-21(16-20)33-22-14-18(26)4-9-27-22/h4,9,14,17,19-21H,5-8,10-13,15-16H2,1-3H3. The summed E-state index contributed by atoms with van der Waals surface area (Å²) in [6.45, 7) is 8.23. The van der Waals surface area contributed by atoms with Gasteiger partial charge < -0.3 is 24.0 Å². The molecule has 0 atom stereocenters. The first kappa shape index (κ1) is 25.2. The maximum absolute atomic E-state index is 13.0. The van der Waals surface area contributed by atoms with Crippen molar-refractivity contribution >= 4 is 27.9 Å². The number of halogens is 1. The van der Waals surface area contributed by atoms with Crippen molar-refractivity contribution in [3.05, 3.63) is 22.8 Å². The molecule has 3 aliphatic rings. The average Bonchev–Trinajstić information content (AvgIpc) is 2.77. The molecule has 0 N–H and O–H groups in total. The number of ether oxygens (including phenoxy) is 3. The minimum Gasteiger partial charge on any atom is -0.474 e. The Labute approximate surface area is 210 Å². The van der Waals surface area contributed by atoms with Crippen molar-refractivity contribution in [2.75, 3.05) is 26.2 Å². The summed E-state index contributed by atoms with van der Waals surface area (Å²) in [5.74, 6) is 0.856. The molecule has 0 unspecified atom stereocenters. The van der Waals surface area contributed by atoms with Gasteiger partial charge >= 0.3 is 6.09 Å². The quantitative estimate of drug-likeness (QED) is 0.553. The van der Waals surface area contributed by atoms with Gasteiger partial charge in [0.1, 0.15) is 11.7 Å². The van der Waals surface area contributed by atoms with Crippen LogP contribution < -0.4 is 4.74 Å². The highest BCUT2D eigenvalue weighted by atomic mass is 79.9. The van der Waals surface area contributed by atoms with Crippen LogP contribution in [0.25, 0.3) is 0 Å². The van der Waals surface area contributed by atoms with Crippen LogP contribution >= 0.6 is 15.9 Å². The van der Waals surface area contributed by atoms with E-state index in [1.54, 1.807) is 11.1 Å². The SMILES string of the molecule is CC(C)(C)OC(=O)N1CCC(C(=O)N2CCC(OC3CC(Oc4cc(Br)ccn4)C3)CC2)CC1. The van der Waals surface area contributed by atoms with E-state index in [0.717, 1.165) is 43.2 Å². The molecular formula is C25H36BrN3O5. The molecular weight excluding hydrogens is 502 g/mol. The zero-order valence-electron chi connectivity index (χ0n) is 20.4. The molecule has 34 heavy (non-hydrogen) atoms. The second kappa shape index (κ2) is 10.8. The molecule has 2 aliphatic heterocycles. The first-order chi connectivity index (χ1) is 16.2. The van der Waals surface area contributed by atoms with Crippen LogP contribution in [0.2, 0.25) is 0 Å². The van der Waals surface area contributed by atoms with Gasteiger partial charge in [-0.2, -0.15) is 0 Å². The number of amides is 2. The molecule has 4 rings (SSSR count). The van der Waals surface area contributed by atoms with E-state index in [1.807, 2.05) is 37.8 Å². The van der Waals surface area contributed by atoms with Crippen molar-refractivity contribution in [2.24, 2.45) is 5.92 Å². The number of nitrogens with zero attached hydrogens (tertiary/aromatic N) is 3. The lowest BCUT2D eigenvalue weighted by atomic mass is 9.91. The van der Waals surface area contributed by atoms with E-state index in [9.17, 15) is 9.59 Å². The third kappa shape index (κ3) is 6.84. The number of aromatic nitrogens is 1. The fraction of sp³-hybridized carbons (Fsp3) is 0.720. The number of likely N-dealkylation sites (tertiary alicyclic amines) is 2. The highest BCUT2D eigenvalue weighted by molar-refractivity contribution is 9.10. The van der Waals surface area contributed by atoms with Gasteiger partial charge in [-0.3, -0.25) is 4.79 Å². The van der Waals surface area contributed by atoms with E-state index in [1.165, 1.54) is 0 Å². The van der Waals surface area contributed by atoms with Crippen LogP contribution in [0.5, 0.6) is 5.88 Å². The summed E-state index contributed by atoms with van der Waals surface area (Å²) in [7, 11) is 0. The summed E-state index contributed by atoms with van der Waals surface area (Å²) in [5, 5.41) is 0. The smallest absolute Gasteiger partial charge is 0.410 e. The molecule has 2 amide bonds. The Kier molecular flexibility index (Phi) is 8.02. The van der Waals surface area contributed by atoms with Gasteiger partial charge in [0.15, 0.2) is 0 Å². The number of carbonyl (C=O) groups is 2. The maximum Gasteiger partial charge on any atom is 0.410 e. The first-order valence-corrected chi connectivity index (χ1v) is 13.2. The van der Waals surface area contributed by atoms with E-state index in [4.69, 9.17) is 14.2 Å². The molecule has 2 saturated heterocycles. The predicted molar refractivity (Wildman–Crippen MR) is 131 cm³/mol. The Balaban J connectivity index is 1.12. The topological polar surface area (TPSA) is 81.2 Å². The lowest BCUT2D eigenvalue weighted by molar-refractivity contribution is -0.143. The van der Waals surface area contributed by atoms with Crippen LogP contribution in [0.1, 0.15) is 59.3 Å². The number of rotatable bonds is 5. The number of carbonyl (C=O) groups excluding carboxylic acids is 2. The Morgan fingerprint density at radius 2 is 1.62 bits per heavy atom. The van der Waals surface area contributed by atoms with E-state index >= 15 is 0 Å². The molecule has 0 bridgehead atoms. The van der Waals surface area contributed by atoms with Gasteiger partial charge in [-0.1, -0.05) is 15.9 Å². The van der Waals surface area contributed by atoms with E-state index < -0.39 is 5.60 Å². The number of hydrogen-bond donors (Lipinski definition) is 0. The summed E-state index contributed by atoms with van der Waals surface area (Å²) < 4.78 is 18.6. The first-order valence-electron chi connectivity index (χ1n) is 12.4. The molecule has 3 fully saturated rings. The fourth-order valence-electron chi connectivity index (χ4n) is 4.72. The van der Waals surface area contributed by atoms with E-state index in [2.05, 4.69) is 20.9 Å². The van der Waals surface area contributed by atoms with Crippen LogP contribution in [-0.4, -0.2) is 76.9 Å². The van der Waals surface area contributed by atoms with Gasteiger partial charge in [0.25, 0.3) is 0 Å². The number of hydrogen-bond acceptors (Lipinski definition) is 6. The Hall–Kier alpha value is -1.87. The molecule has 188 valence electrons. The van der Waals surface area contributed by atoms with Crippen LogP contribution in [-0.2, 0) is 14.3 Å². The zero-order chi connectivity index (χ0) is 24.3. The minimum atomic E-state index is -0.500. The second-order valence-electron chi connectivity index (χ2n) is 10.5. The molecule has 0 radical (unpaired) electrons. The maximum atomic E-state index is 13.0. The summed E-state index contributed by atoms with van der Waals surface area (Å²) in [6.07, 6.45) is 6.92. The van der Waals surface area contributed by atoms with Crippen LogP contribution in [0.3, 0.4) is 0 Å². The van der Waals surface area contributed by atoms with E-state index in [-0.39, 0.29) is 36.2 Å². The van der Waals surface area contributed by atoms with Gasteiger partial charge in [0.05, 0.1) is 12.2 Å². The van der Waals surface area contributed by atoms with Gasteiger partial charge in [0.2, 0.25) is 11.8 Å². The Bertz CT molecular complexity index is 854. The van der Waals surface area contributed by atoms with Crippen molar-refractivity contribution < 1.29 is 23.8 Å². The molecule has 1 saturated carbocycles. The highest BCUT2D eigenvalue weighted by Crippen LogP contribution is 2.31. The molecule has 0 spiro atoms. The number of piperidine rings is 2. The predicted octanol–water partition coefficient (Wildman–Crippen LogP) is 4.41. The minimum absolute atomic E-state index is 0.00710. The summed E-state index contributed by atoms with van der Waals surface area (Å²) in [6, 6.07) is 3.76. The molecule has 1 aromatic heterocycles. The lowest BCUT2D eigenvalue weighted by Gasteiger charge is -2.41. The van der Waals surface area contributed by atoms with Gasteiger partial charge in [-0.25, -0.2) is 9.78 Å². The normalized spacial score (nSPS) is 24.5. The second-order valence-corrected chi connectivity index (χ2v) is 11.5. The fourth-order valence-corrected chi connectivity index (χ4v) is 5.04. The zero-order valence-corrected chi connectivity index (χ0v) is 22.0. The summed E-state index contributed by atoms with van der Waals surface area (Å²) in [5.41, 5.74) is -0.500. The number of pyridine rings is 1. The molecule has 0 aromatic carbocycles. The van der Waals surface area contributed by atoms with Gasteiger partial charge in [-0.05, 0) is 52.5 Å². The van der Waals surface area contributed by atoms with Gasteiger partial charge in [-0.15, -0.1) is 0 Å².